The third kappa shape index (κ3) is 3.99. The first-order valence-corrected chi connectivity index (χ1v) is 6.39. The molecule has 0 aromatic carbocycles. The molecule has 0 radical (unpaired) electrons. The number of hydrogen-bond donors (Lipinski definition) is 2. The molecular formula is C13H22N2O. The fourth-order valence-corrected chi connectivity index (χ4v) is 2.27. The van der Waals surface area contributed by atoms with Gasteiger partial charge in [-0.25, -0.2) is 0 Å². The first-order valence-electron chi connectivity index (χ1n) is 6.39. The van der Waals surface area contributed by atoms with Crippen LogP contribution in [0.3, 0.4) is 0 Å². The molecule has 1 atom stereocenters. The van der Waals surface area contributed by atoms with Crippen LogP contribution in [-0.2, 0) is 6.42 Å². The van der Waals surface area contributed by atoms with Crippen molar-refractivity contribution in [2.75, 3.05) is 26.2 Å². The summed E-state index contributed by atoms with van der Waals surface area (Å²) in [6.45, 7) is 4.61. The third-order valence-electron chi connectivity index (χ3n) is 3.26. The molecule has 3 nitrogen and oxygen atoms in total. The second kappa shape index (κ2) is 6.71. The van der Waals surface area contributed by atoms with E-state index in [1.165, 1.54) is 32.4 Å². The summed E-state index contributed by atoms with van der Waals surface area (Å²) in [7, 11) is 0. The van der Waals surface area contributed by atoms with Crippen LogP contribution in [0.2, 0.25) is 0 Å². The maximum absolute atomic E-state index is 5.27. The van der Waals surface area contributed by atoms with Crippen molar-refractivity contribution in [2.24, 2.45) is 5.92 Å². The Hall–Kier alpha value is -0.800. The summed E-state index contributed by atoms with van der Waals surface area (Å²) in [5.74, 6) is 2.00. The van der Waals surface area contributed by atoms with Gasteiger partial charge in [0.15, 0.2) is 0 Å². The van der Waals surface area contributed by atoms with Gasteiger partial charge < -0.3 is 15.1 Å². The summed E-state index contributed by atoms with van der Waals surface area (Å²) >= 11 is 0. The highest BCUT2D eigenvalue weighted by Crippen LogP contribution is 2.13. The normalized spacial score (nSPS) is 20.4. The predicted molar refractivity (Wildman–Crippen MR) is 65.5 cm³/mol. The van der Waals surface area contributed by atoms with Gasteiger partial charge in [0.25, 0.3) is 0 Å². The molecule has 0 bridgehead atoms. The van der Waals surface area contributed by atoms with E-state index in [4.69, 9.17) is 4.42 Å². The summed E-state index contributed by atoms with van der Waals surface area (Å²) in [5, 5.41) is 6.88. The van der Waals surface area contributed by atoms with Crippen molar-refractivity contribution in [3.63, 3.8) is 0 Å². The fourth-order valence-electron chi connectivity index (χ4n) is 2.27. The quantitative estimate of drug-likeness (QED) is 0.691. The lowest BCUT2D eigenvalue weighted by atomic mass is 10.0. The van der Waals surface area contributed by atoms with Gasteiger partial charge in [-0.2, -0.15) is 0 Å². The van der Waals surface area contributed by atoms with Crippen LogP contribution < -0.4 is 10.6 Å². The second-order valence-electron chi connectivity index (χ2n) is 4.58. The molecule has 0 aliphatic carbocycles. The summed E-state index contributed by atoms with van der Waals surface area (Å²) in [6.07, 6.45) is 6.76. The zero-order valence-electron chi connectivity index (χ0n) is 9.87. The maximum atomic E-state index is 5.27. The van der Waals surface area contributed by atoms with Gasteiger partial charge in [-0.05, 0) is 56.9 Å². The van der Waals surface area contributed by atoms with Gasteiger partial charge >= 0.3 is 0 Å². The first-order chi connectivity index (χ1) is 7.95. The van der Waals surface area contributed by atoms with E-state index in [2.05, 4.69) is 10.6 Å². The third-order valence-corrected chi connectivity index (χ3v) is 3.26. The van der Waals surface area contributed by atoms with E-state index >= 15 is 0 Å². The van der Waals surface area contributed by atoms with Crippen LogP contribution in [0.1, 0.15) is 25.0 Å². The second-order valence-corrected chi connectivity index (χ2v) is 4.58. The van der Waals surface area contributed by atoms with Gasteiger partial charge in [-0.3, -0.25) is 0 Å². The molecule has 1 aliphatic rings. The largest absolute Gasteiger partial charge is 0.469 e. The molecule has 1 aromatic rings. The lowest BCUT2D eigenvalue weighted by molar-refractivity contribution is 0.477. The van der Waals surface area contributed by atoms with Crippen LogP contribution in [0.25, 0.3) is 0 Å². The lowest BCUT2D eigenvalue weighted by Gasteiger charge is -2.08. The topological polar surface area (TPSA) is 37.2 Å². The van der Waals surface area contributed by atoms with Crippen molar-refractivity contribution in [1.82, 2.24) is 10.6 Å². The minimum atomic E-state index is 0.923. The van der Waals surface area contributed by atoms with Crippen molar-refractivity contribution in [3.8, 4) is 0 Å². The van der Waals surface area contributed by atoms with Crippen LogP contribution in [0.4, 0.5) is 0 Å². The Morgan fingerprint density at radius 2 is 2.44 bits per heavy atom. The minimum absolute atomic E-state index is 0.923. The van der Waals surface area contributed by atoms with Crippen molar-refractivity contribution in [2.45, 2.75) is 25.7 Å². The molecule has 2 rings (SSSR count). The molecule has 1 aromatic heterocycles. The predicted octanol–water partition coefficient (Wildman–Crippen LogP) is 1.80. The van der Waals surface area contributed by atoms with E-state index in [0.717, 1.165) is 31.2 Å². The first kappa shape index (κ1) is 11.7. The minimum Gasteiger partial charge on any atom is -0.469 e. The number of hydrogen-bond acceptors (Lipinski definition) is 3. The standard InChI is InChI=1S/C13H22N2O/c1(3-12-5-8-15-11-12)7-14-9-6-13-4-2-10-16-13/h2,4,10,12,14-15H,1,3,5-9,11H2. The SMILES string of the molecule is c1coc(CCNCCCC2CCNC2)c1. The summed E-state index contributed by atoms with van der Waals surface area (Å²) < 4.78 is 5.27. The Kier molecular flexibility index (Phi) is 4.90. The highest BCUT2D eigenvalue weighted by atomic mass is 16.3. The average molecular weight is 222 g/mol. The van der Waals surface area contributed by atoms with Crippen LogP contribution in [0, 0.1) is 5.92 Å². The molecule has 1 saturated heterocycles. The molecule has 2 heterocycles. The Labute approximate surface area is 97.6 Å². The molecule has 1 unspecified atom stereocenters. The van der Waals surface area contributed by atoms with Gasteiger partial charge in [0.2, 0.25) is 0 Å². The average Bonchev–Trinajstić information content (AvgIpc) is 2.96. The van der Waals surface area contributed by atoms with Crippen LogP contribution in [0.15, 0.2) is 22.8 Å². The molecule has 0 amide bonds. The molecular weight excluding hydrogens is 200 g/mol. The fraction of sp³-hybridized carbons (Fsp3) is 0.692. The Morgan fingerprint density at radius 1 is 1.44 bits per heavy atom. The Bertz CT molecular complexity index is 265. The molecule has 90 valence electrons. The van der Waals surface area contributed by atoms with E-state index in [9.17, 15) is 0 Å². The molecule has 3 heteroatoms. The highest BCUT2D eigenvalue weighted by Gasteiger charge is 2.12. The lowest BCUT2D eigenvalue weighted by Crippen LogP contribution is -2.19. The van der Waals surface area contributed by atoms with Gasteiger partial charge in [0, 0.05) is 13.0 Å². The van der Waals surface area contributed by atoms with Gasteiger partial charge in [0.05, 0.1) is 6.26 Å². The van der Waals surface area contributed by atoms with E-state index in [1.807, 2.05) is 12.1 Å². The van der Waals surface area contributed by atoms with Gasteiger partial charge in [0.1, 0.15) is 5.76 Å². The smallest absolute Gasteiger partial charge is 0.105 e. The number of nitrogens with one attached hydrogen (secondary N) is 2. The molecule has 1 fully saturated rings. The van der Waals surface area contributed by atoms with Crippen LogP contribution in [-0.4, -0.2) is 26.2 Å². The summed E-state index contributed by atoms with van der Waals surface area (Å²) in [4.78, 5) is 0. The zero-order valence-corrected chi connectivity index (χ0v) is 9.87. The molecule has 0 spiro atoms. The van der Waals surface area contributed by atoms with E-state index < -0.39 is 0 Å². The van der Waals surface area contributed by atoms with E-state index in [1.54, 1.807) is 6.26 Å². The van der Waals surface area contributed by atoms with Crippen molar-refractivity contribution in [3.05, 3.63) is 24.2 Å². The van der Waals surface area contributed by atoms with E-state index in [-0.39, 0.29) is 0 Å². The summed E-state index contributed by atoms with van der Waals surface area (Å²) in [5.41, 5.74) is 0. The van der Waals surface area contributed by atoms with Crippen molar-refractivity contribution >= 4 is 0 Å². The van der Waals surface area contributed by atoms with Crippen molar-refractivity contribution < 1.29 is 4.42 Å². The molecule has 2 N–H and O–H groups in total. The van der Waals surface area contributed by atoms with Gasteiger partial charge in [-0.1, -0.05) is 0 Å². The van der Waals surface area contributed by atoms with Crippen molar-refractivity contribution in [1.29, 1.82) is 0 Å². The number of rotatable bonds is 7. The monoisotopic (exact) mass is 222 g/mol. The van der Waals surface area contributed by atoms with Gasteiger partial charge in [-0.15, -0.1) is 0 Å². The molecule has 0 saturated carbocycles. The van der Waals surface area contributed by atoms with Crippen LogP contribution >= 0.6 is 0 Å². The van der Waals surface area contributed by atoms with Crippen LogP contribution in [0.5, 0.6) is 0 Å². The highest BCUT2D eigenvalue weighted by molar-refractivity contribution is 4.98. The van der Waals surface area contributed by atoms with E-state index in [0.29, 0.717) is 0 Å². The molecule has 1 aliphatic heterocycles. The zero-order chi connectivity index (χ0) is 11.1. The molecule has 16 heavy (non-hydrogen) atoms. The Balaban J connectivity index is 1.43. The number of furan rings is 1. The Morgan fingerprint density at radius 3 is 3.19 bits per heavy atom. The summed E-state index contributed by atoms with van der Waals surface area (Å²) in [6, 6.07) is 3.98. The maximum Gasteiger partial charge on any atom is 0.105 e.